The fourth-order valence-corrected chi connectivity index (χ4v) is 1.92. The normalized spacial score (nSPS) is 12.3. The molecule has 1 unspecified atom stereocenters. The fraction of sp³-hybridized carbons (Fsp3) is 0.385. The average molecular weight is 290 g/mol. The maximum atomic E-state index is 11.3. The van der Waals surface area contributed by atoms with Crippen LogP contribution in [0.25, 0.3) is 5.82 Å². The largest absolute Gasteiger partial charge is 0.480 e. The van der Waals surface area contributed by atoms with Crippen LogP contribution in [0.15, 0.2) is 24.5 Å². The zero-order chi connectivity index (χ0) is 15.4. The Labute approximate surface area is 122 Å². The first-order valence-corrected chi connectivity index (χ1v) is 6.59. The zero-order valence-electron chi connectivity index (χ0n) is 11.9. The number of nitrogens with two attached hydrogens (primary N) is 1. The third-order valence-corrected chi connectivity index (χ3v) is 2.80. The number of hydrogen-bond acceptors (Lipinski definition) is 6. The van der Waals surface area contributed by atoms with Gasteiger partial charge in [-0.2, -0.15) is 15.1 Å². The molecule has 1 atom stereocenters. The fourth-order valence-electron chi connectivity index (χ4n) is 1.92. The summed E-state index contributed by atoms with van der Waals surface area (Å²) in [6, 6.07) is 2.63. The summed E-state index contributed by atoms with van der Waals surface area (Å²) in [5.74, 6) is 0.203. The number of nitrogen functional groups attached to an aromatic ring is 1. The lowest BCUT2D eigenvalue weighted by Crippen LogP contribution is -2.31. The van der Waals surface area contributed by atoms with Crippen molar-refractivity contribution in [2.75, 3.05) is 11.1 Å². The molecule has 2 heterocycles. The van der Waals surface area contributed by atoms with Crippen LogP contribution in [0, 0.1) is 5.92 Å². The highest BCUT2D eigenvalue weighted by Crippen LogP contribution is 2.15. The zero-order valence-corrected chi connectivity index (χ0v) is 11.9. The average Bonchev–Trinajstić information content (AvgIpc) is 2.90. The van der Waals surface area contributed by atoms with Crippen molar-refractivity contribution in [2.24, 2.45) is 5.92 Å². The standard InChI is InChI=1S/C13H18N6O2/c1-8(2)6-9(12(20)21)16-10-7-11(18-13(14)17-10)19-5-3-4-15-19/h3-5,7-9H,6H2,1-2H3,(H,20,21)(H3,14,16,17,18). The molecule has 2 rings (SSSR count). The van der Waals surface area contributed by atoms with Gasteiger partial charge >= 0.3 is 5.97 Å². The Hall–Kier alpha value is -2.64. The smallest absolute Gasteiger partial charge is 0.326 e. The van der Waals surface area contributed by atoms with Crippen molar-refractivity contribution in [1.29, 1.82) is 0 Å². The van der Waals surface area contributed by atoms with Gasteiger partial charge in [0.1, 0.15) is 11.9 Å². The van der Waals surface area contributed by atoms with E-state index in [0.29, 0.717) is 18.1 Å². The molecule has 0 saturated heterocycles. The Bertz CT molecular complexity index is 611. The van der Waals surface area contributed by atoms with E-state index in [1.807, 2.05) is 13.8 Å². The van der Waals surface area contributed by atoms with Gasteiger partial charge in [0, 0.05) is 18.5 Å². The maximum Gasteiger partial charge on any atom is 0.326 e. The number of carboxylic acid groups (broad SMARTS) is 1. The Kier molecular flexibility index (Phi) is 4.36. The quantitative estimate of drug-likeness (QED) is 0.730. The summed E-state index contributed by atoms with van der Waals surface area (Å²) in [6.07, 6.45) is 3.81. The summed E-state index contributed by atoms with van der Waals surface area (Å²) >= 11 is 0. The van der Waals surface area contributed by atoms with Crippen LogP contribution in [-0.4, -0.2) is 36.9 Å². The van der Waals surface area contributed by atoms with E-state index in [0.717, 1.165) is 0 Å². The van der Waals surface area contributed by atoms with Gasteiger partial charge in [-0.05, 0) is 18.4 Å². The molecule has 8 heteroatoms. The molecule has 0 aliphatic rings. The Balaban J connectivity index is 2.25. The third-order valence-electron chi connectivity index (χ3n) is 2.80. The molecule has 8 nitrogen and oxygen atoms in total. The topological polar surface area (TPSA) is 119 Å². The van der Waals surface area contributed by atoms with E-state index < -0.39 is 12.0 Å². The van der Waals surface area contributed by atoms with Crippen LogP contribution in [0.4, 0.5) is 11.8 Å². The van der Waals surface area contributed by atoms with E-state index in [1.54, 1.807) is 24.5 Å². The minimum atomic E-state index is -0.929. The molecule has 0 spiro atoms. The van der Waals surface area contributed by atoms with Gasteiger partial charge < -0.3 is 16.2 Å². The molecule has 2 aromatic rings. The number of carbonyl (C=O) groups is 1. The van der Waals surface area contributed by atoms with Gasteiger partial charge in [-0.1, -0.05) is 13.8 Å². The number of nitrogens with one attached hydrogen (secondary N) is 1. The number of carboxylic acids is 1. The predicted molar refractivity (Wildman–Crippen MR) is 78.1 cm³/mol. The van der Waals surface area contributed by atoms with Gasteiger partial charge in [0.15, 0.2) is 5.82 Å². The second-order valence-electron chi connectivity index (χ2n) is 5.08. The first-order valence-electron chi connectivity index (χ1n) is 6.59. The van der Waals surface area contributed by atoms with E-state index in [-0.39, 0.29) is 11.9 Å². The maximum absolute atomic E-state index is 11.3. The lowest BCUT2D eigenvalue weighted by Gasteiger charge is -2.17. The van der Waals surface area contributed by atoms with E-state index in [9.17, 15) is 9.90 Å². The monoisotopic (exact) mass is 290 g/mol. The van der Waals surface area contributed by atoms with Crippen LogP contribution >= 0.6 is 0 Å². The Morgan fingerprint density at radius 1 is 1.48 bits per heavy atom. The first-order chi connectivity index (χ1) is 9.95. The molecule has 0 bridgehead atoms. The molecule has 21 heavy (non-hydrogen) atoms. The molecule has 0 aliphatic heterocycles. The molecular weight excluding hydrogens is 272 g/mol. The van der Waals surface area contributed by atoms with Gasteiger partial charge in [-0.15, -0.1) is 0 Å². The molecule has 0 saturated carbocycles. The summed E-state index contributed by atoms with van der Waals surface area (Å²) < 4.78 is 1.53. The molecule has 0 radical (unpaired) electrons. The van der Waals surface area contributed by atoms with Crippen LogP contribution in [0.2, 0.25) is 0 Å². The number of aromatic nitrogens is 4. The summed E-state index contributed by atoms with van der Waals surface area (Å²) in [7, 11) is 0. The second-order valence-corrected chi connectivity index (χ2v) is 5.08. The molecule has 0 amide bonds. The van der Waals surface area contributed by atoms with Crippen LogP contribution in [0.3, 0.4) is 0 Å². The highest BCUT2D eigenvalue weighted by atomic mass is 16.4. The molecule has 4 N–H and O–H groups in total. The number of rotatable bonds is 6. The highest BCUT2D eigenvalue weighted by Gasteiger charge is 2.19. The number of anilines is 2. The van der Waals surface area contributed by atoms with Crippen molar-refractivity contribution in [3.05, 3.63) is 24.5 Å². The summed E-state index contributed by atoms with van der Waals surface area (Å²) in [6.45, 7) is 3.92. The van der Waals surface area contributed by atoms with E-state index >= 15 is 0 Å². The summed E-state index contributed by atoms with van der Waals surface area (Å²) in [5, 5.41) is 16.2. The van der Waals surface area contributed by atoms with E-state index in [1.165, 1.54) is 4.68 Å². The summed E-state index contributed by atoms with van der Waals surface area (Å²) in [5.41, 5.74) is 5.67. The summed E-state index contributed by atoms with van der Waals surface area (Å²) in [4.78, 5) is 19.4. The van der Waals surface area contributed by atoms with Crippen molar-refractivity contribution in [3.8, 4) is 5.82 Å². The predicted octanol–water partition coefficient (Wildman–Crippen LogP) is 1.16. The highest BCUT2D eigenvalue weighted by molar-refractivity contribution is 5.77. The van der Waals surface area contributed by atoms with Crippen molar-refractivity contribution < 1.29 is 9.90 Å². The molecule has 0 aliphatic carbocycles. The second kappa shape index (κ2) is 6.21. The van der Waals surface area contributed by atoms with Gasteiger partial charge in [-0.3, -0.25) is 0 Å². The molecular formula is C13H18N6O2. The van der Waals surface area contributed by atoms with Crippen molar-refractivity contribution in [3.63, 3.8) is 0 Å². The molecule has 112 valence electrons. The van der Waals surface area contributed by atoms with Gasteiger partial charge in [0.05, 0.1) is 0 Å². The van der Waals surface area contributed by atoms with Gasteiger partial charge in [0.25, 0.3) is 0 Å². The molecule has 2 aromatic heterocycles. The Morgan fingerprint density at radius 3 is 2.81 bits per heavy atom. The van der Waals surface area contributed by atoms with Crippen LogP contribution in [0.1, 0.15) is 20.3 Å². The van der Waals surface area contributed by atoms with Crippen LogP contribution in [-0.2, 0) is 4.79 Å². The van der Waals surface area contributed by atoms with Crippen molar-refractivity contribution in [1.82, 2.24) is 19.7 Å². The van der Waals surface area contributed by atoms with E-state index in [2.05, 4.69) is 20.4 Å². The lowest BCUT2D eigenvalue weighted by molar-refractivity contribution is -0.138. The number of aliphatic carboxylic acids is 1. The molecule has 0 aromatic carbocycles. The first kappa shape index (κ1) is 14.8. The van der Waals surface area contributed by atoms with Gasteiger partial charge in [0.2, 0.25) is 5.95 Å². The van der Waals surface area contributed by atoms with Gasteiger partial charge in [-0.25, -0.2) is 9.48 Å². The van der Waals surface area contributed by atoms with Crippen molar-refractivity contribution in [2.45, 2.75) is 26.3 Å². The van der Waals surface area contributed by atoms with Crippen LogP contribution < -0.4 is 11.1 Å². The minimum Gasteiger partial charge on any atom is -0.480 e. The Morgan fingerprint density at radius 2 is 2.24 bits per heavy atom. The van der Waals surface area contributed by atoms with Crippen LogP contribution in [0.5, 0.6) is 0 Å². The third kappa shape index (κ3) is 3.91. The van der Waals surface area contributed by atoms with E-state index in [4.69, 9.17) is 5.73 Å². The van der Waals surface area contributed by atoms with Crippen molar-refractivity contribution >= 4 is 17.7 Å². The number of nitrogens with zero attached hydrogens (tertiary/aromatic N) is 4. The molecule has 0 fully saturated rings. The minimum absolute atomic E-state index is 0.0548. The SMILES string of the molecule is CC(C)CC(Nc1cc(-n2cccn2)nc(N)n1)C(=O)O. The number of hydrogen-bond donors (Lipinski definition) is 3. The lowest BCUT2D eigenvalue weighted by atomic mass is 10.0.